The Morgan fingerprint density at radius 2 is 2.25 bits per heavy atom. The molecule has 108 valence electrons. The van der Waals surface area contributed by atoms with E-state index in [1.165, 1.54) is 11.8 Å². The molecule has 1 saturated heterocycles. The standard InChI is InChI=1S/C13H14ClNO4S/c1-20-8-2-3-10(14)9(6-8)11(16)15-13(12(17)18)4-5-19-7-13/h2-3,6H,4-5,7H2,1H3,(H,15,16)(H,17,18). The van der Waals surface area contributed by atoms with Crippen LogP contribution in [0.5, 0.6) is 0 Å². The Morgan fingerprint density at radius 1 is 1.50 bits per heavy atom. The monoisotopic (exact) mass is 315 g/mol. The van der Waals surface area contributed by atoms with E-state index in [1.54, 1.807) is 18.2 Å². The quantitative estimate of drug-likeness (QED) is 0.832. The Balaban J connectivity index is 2.25. The summed E-state index contributed by atoms with van der Waals surface area (Å²) in [7, 11) is 0. The number of carbonyl (C=O) groups is 2. The van der Waals surface area contributed by atoms with Crippen LogP contribution < -0.4 is 5.32 Å². The highest BCUT2D eigenvalue weighted by molar-refractivity contribution is 7.98. The zero-order valence-electron chi connectivity index (χ0n) is 10.8. The smallest absolute Gasteiger partial charge is 0.331 e. The lowest BCUT2D eigenvalue weighted by molar-refractivity contribution is -0.144. The summed E-state index contributed by atoms with van der Waals surface area (Å²) in [6.07, 6.45) is 2.13. The van der Waals surface area contributed by atoms with Crippen LogP contribution in [-0.2, 0) is 9.53 Å². The van der Waals surface area contributed by atoms with Gasteiger partial charge in [-0.25, -0.2) is 4.79 Å². The Morgan fingerprint density at radius 3 is 2.80 bits per heavy atom. The first kappa shape index (κ1) is 15.2. The van der Waals surface area contributed by atoms with Crippen LogP contribution in [-0.4, -0.2) is 42.0 Å². The molecule has 0 aromatic heterocycles. The molecule has 1 aliphatic heterocycles. The molecule has 1 fully saturated rings. The molecule has 1 aromatic rings. The number of ether oxygens (including phenoxy) is 1. The van der Waals surface area contributed by atoms with Crippen molar-refractivity contribution in [1.29, 1.82) is 0 Å². The molecule has 1 aromatic carbocycles. The molecule has 7 heteroatoms. The summed E-state index contributed by atoms with van der Waals surface area (Å²) in [6.45, 7) is 0.277. The van der Waals surface area contributed by atoms with Crippen molar-refractivity contribution >= 4 is 35.2 Å². The van der Waals surface area contributed by atoms with Gasteiger partial charge in [-0.1, -0.05) is 11.6 Å². The molecule has 20 heavy (non-hydrogen) atoms. The maximum Gasteiger partial charge on any atom is 0.331 e. The number of thioether (sulfide) groups is 1. The predicted molar refractivity (Wildman–Crippen MR) is 76.5 cm³/mol. The van der Waals surface area contributed by atoms with Gasteiger partial charge in [0.25, 0.3) is 5.91 Å². The van der Waals surface area contributed by atoms with Gasteiger partial charge in [-0.3, -0.25) is 4.79 Å². The molecule has 2 N–H and O–H groups in total. The number of nitrogens with one attached hydrogen (secondary N) is 1. The third kappa shape index (κ3) is 2.92. The van der Waals surface area contributed by atoms with Gasteiger partial charge >= 0.3 is 5.97 Å². The second kappa shape index (κ2) is 6.03. The van der Waals surface area contributed by atoms with E-state index in [1.807, 2.05) is 6.26 Å². The highest BCUT2D eigenvalue weighted by Gasteiger charge is 2.44. The van der Waals surface area contributed by atoms with Gasteiger partial charge < -0.3 is 15.2 Å². The van der Waals surface area contributed by atoms with Crippen LogP contribution in [0.2, 0.25) is 5.02 Å². The normalized spacial score (nSPS) is 21.7. The minimum atomic E-state index is -1.37. The summed E-state index contributed by atoms with van der Waals surface area (Å²) in [4.78, 5) is 24.5. The van der Waals surface area contributed by atoms with E-state index in [-0.39, 0.29) is 18.6 Å². The summed E-state index contributed by atoms with van der Waals surface area (Å²) in [5, 5.41) is 12.1. The predicted octanol–water partition coefficient (Wildman–Crippen LogP) is 2.04. The van der Waals surface area contributed by atoms with E-state index in [0.29, 0.717) is 11.6 Å². The highest BCUT2D eigenvalue weighted by atomic mass is 35.5. The number of amides is 1. The Labute approximate surface area is 125 Å². The van der Waals surface area contributed by atoms with Crippen molar-refractivity contribution in [3.63, 3.8) is 0 Å². The number of aliphatic carboxylic acids is 1. The van der Waals surface area contributed by atoms with Crippen LogP contribution in [0.4, 0.5) is 0 Å². The molecule has 0 saturated carbocycles. The molecule has 0 bridgehead atoms. The molecule has 1 unspecified atom stereocenters. The zero-order chi connectivity index (χ0) is 14.8. The van der Waals surface area contributed by atoms with Crippen LogP contribution >= 0.6 is 23.4 Å². The largest absolute Gasteiger partial charge is 0.479 e. The van der Waals surface area contributed by atoms with Crippen LogP contribution in [0.15, 0.2) is 23.1 Å². The van der Waals surface area contributed by atoms with Crippen molar-refractivity contribution < 1.29 is 19.4 Å². The van der Waals surface area contributed by atoms with E-state index < -0.39 is 17.4 Å². The van der Waals surface area contributed by atoms with Crippen LogP contribution in [0.25, 0.3) is 0 Å². The molecule has 2 rings (SSSR count). The van der Waals surface area contributed by atoms with Gasteiger partial charge in [0.15, 0.2) is 5.54 Å². The van der Waals surface area contributed by atoms with Crippen molar-refractivity contribution in [2.24, 2.45) is 0 Å². The number of carbonyl (C=O) groups excluding carboxylic acids is 1. The number of halogens is 1. The maximum atomic E-state index is 12.3. The average Bonchev–Trinajstić information content (AvgIpc) is 2.89. The van der Waals surface area contributed by atoms with Gasteiger partial charge in [-0.15, -0.1) is 11.8 Å². The van der Waals surface area contributed by atoms with E-state index in [4.69, 9.17) is 16.3 Å². The summed E-state index contributed by atoms with van der Waals surface area (Å²) in [5.74, 6) is -1.60. The molecule has 1 heterocycles. The minimum absolute atomic E-state index is 0.0338. The summed E-state index contributed by atoms with van der Waals surface area (Å²) in [6, 6.07) is 5.07. The minimum Gasteiger partial charge on any atom is -0.479 e. The van der Waals surface area contributed by atoms with Crippen molar-refractivity contribution in [2.45, 2.75) is 16.9 Å². The van der Waals surface area contributed by atoms with E-state index in [9.17, 15) is 14.7 Å². The van der Waals surface area contributed by atoms with Gasteiger partial charge in [0.2, 0.25) is 0 Å². The van der Waals surface area contributed by atoms with Crippen molar-refractivity contribution in [3.8, 4) is 0 Å². The van der Waals surface area contributed by atoms with Crippen molar-refractivity contribution in [3.05, 3.63) is 28.8 Å². The number of carboxylic acids is 1. The SMILES string of the molecule is CSc1ccc(Cl)c(C(=O)NC2(C(=O)O)CCOC2)c1. The molecule has 0 radical (unpaired) electrons. The van der Waals surface area contributed by atoms with E-state index in [0.717, 1.165) is 4.90 Å². The summed E-state index contributed by atoms with van der Waals surface area (Å²) < 4.78 is 5.10. The lowest BCUT2D eigenvalue weighted by atomic mass is 9.98. The fourth-order valence-corrected chi connectivity index (χ4v) is 2.62. The third-order valence-corrected chi connectivity index (χ3v) is 4.26. The lowest BCUT2D eigenvalue weighted by Crippen LogP contribution is -2.55. The Bertz CT molecular complexity index is 543. The zero-order valence-corrected chi connectivity index (χ0v) is 12.4. The molecule has 1 aliphatic rings. The van der Waals surface area contributed by atoms with Gasteiger partial charge in [0, 0.05) is 17.9 Å². The first-order chi connectivity index (χ1) is 9.48. The fraction of sp³-hybridized carbons (Fsp3) is 0.385. The number of hydrogen-bond donors (Lipinski definition) is 2. The van der Waals surface area contributed by atoms with Gasteiger partial charge in [0.05, 0.1) is 17.2 Å². The number of benzene rings is 1. The number of carboxylic acid groups (broad SMARTS) is 1. The number of hydrogen-bond acceptors (Lipinski definition) is 4. The number of rotatable bonds is 4. The molecular formula is C13H14ClNO4S. The second-order valence-electron chi connectivity index (χ2n) is 4.49. The van der Waals surface area contributed by atoms with Gasteiger partial charge in [-0.05, 0) is 24.5 Å². The Hall–Kier alpha value is -1.24. The van der Waals surface area contributed by atoms with E-state index in [2.05, 4.69) is 5.32 Å². The molecule has 0 spiro atoms. The van der Waals surface area contributed by atoms with Crippen molar-refractivity contribution in [2.75, 3.05) is 19.5 Å². The van der Waals surface area contributed by atoms with Gasteiger partial charge in [-0.2, -0.15) is 0 Å². The lowest BCUT2D eigenvalue weighted by Gasteiger charge is -2.24. The highest BCUT2D eigenvalue weighted by Crippen LogP contribution is 2.25. The van der Waals surface area contributed by atoms with Crippen molar-refractivity contribution in [1.82, 2.24) is 5.32 Å². The molecule has 1 amide bonds. The third-order valence-electron chi connectivity index (χ3n) is 3.20. The van der Waals surface area contributed by atoms with Crippen LogP contribution in [0.1, 0.15) is 16.8 Å². The average molecular weight is 316 g/mol. The summed E-state index contributed by atoms with van der Waals surface area (Å²) in [5.41, 5.74) is -1.10. The van der Waals surface area contributed by atoms with Crippen LogP contribution in [0.3, 0.4) is 0 Å². The topological polar surface area (TPSA) is 75.6 Å². The van der Waals surface area contributed by atoms with E-state index >= 15 is 0 Å². The molecule has 1 atom stereocenters. The van der Waals surface area contributed by atoms with Crippen LogP contribution in [0, 0.1) is 0 Å². The Kier molecular flexibility index (Phi) is 4.57. The molecule has 0 aliphatic carbocycles. The maximum absolute atomic E-state index is 12.3. The van der Waals surface area contributed by atoms with Gasteiger partial charge in [0.1, 0.15) is 0 Å². The molecular weight excluding hydrogens is 302 g/mol. The molecule has 5 nitrogen and oxygen atoms in total. The summed E-state index contributed by atoms with van der Waals surface area (Å²) >= 11 is 7.49. The fourth-order valence-electron chi connectivity index (χ4n) is 1.98. The first-order valence-electron chi connectivity index (χ1n) is 5.96. The second-order valence-corrected chi connectivity index (χ2v) is 5.78. The first-order valence-corrected chi connectivity index (χ1v) is 7.56.